The van der Waals surface area contributed by atoms with E-state index < -0.39 is 6.61 Å². The van der Waals surface area contributed by atoms with Gasteiger partial charge in [0.25, 0.3) is 0 Å². The van der Waals surface area contributed by atoms with Crippen LogP contribution in [0.1, 0.15) is 15.4 Å². The molecule has 0 atom stereocenters. The minimum atomic E-state index is -2.88. The first kappa shape index (κ1) is 17.0. The summed E-state index contributed by atoms with van der Waals surface area (Å²) in [4.78, 5) is 16.6. The Bertz CT molecular complexity index is 874. The van der Waals surface area contributed by atoms with E-state index in [1.54, 1.807) is 6.08 Å². The molecule has 0 unspecified atom stereocenters. The number of halogens is 2. The van der Waals surface area contributed by atoms with Gasteiger partial charge in [-0.15, -0.1) is 11.3 Å². The Labute approximate surface area is 147 Å². The third-order valence-corrected chi connectivity index (χ3v) is 4.14. The fourth-order valence-corrected chi connectivity index (χ4v) is 2.87. The van der Waals surface area contributed by atoms with Crippen LogP contribution in [0.2, 0.25) is 0 Å². The fourth-order valence-electron chi connectivity index (χ4n) is 2.15. The van der Waals surface area contributed by atoms with Gasteiger partial charge in [0.05, 0.1) is 5.69 Å². The van der Waals surface area contributed by atoms with E-state index in [9.17, 15) is 13.6 Å². The van der Waals surface area contributed by atoms with E-state index in [0.717, 1.165) is 11.3 Å². The van der Waals surface area contributed by atoms with Gasteiger partial charge in [-0.1, -0.05) is 30.3 Å². The number of carbonyl (C=O) groups is 1. The summed E-state index contributed by atoms with van der Waals surface area (Å²) in [5.74, 6) is -0.219. The Morgan fingerprint density at radius 1 is 1.08 bits per heavy atom. The lowest BCUT2D eigenvalue weighted by molar-refractivity contribution is -0.0498. The standard InChI is InChI=1S/C19H13F2NO2S/c20-19(21)24-15-8-6-14(7-9-15)17(23)10-11-18-22-16(12-25-18)13-4-2-1-3-5-13/h1-12,19H/b11-10+. The first-order chi connectivity index (χ1) is 12.1. The molecule has 0 bridgehead atoms. The van der Waals surface area contributed by atoms with Crippen molar-refractivity contribution >= 4 is 23.2 Å². The van der Waals surface area contributed by atoms with Crippen LogP contribution in [-0.4, -0.2) is 17.4 Å². The quantitative estimate of drug-likeness (QED) is 0.443. The number of carbonyl (C=O) groups excluding carboxylic acids is 1. The van der Waals surface area contributed by atoms with E-state index >= 15 is 0 Å². The first-order valence-electron chi connectivity index (χ1n) is 7.40. The van der Waals surface area contributed by atoms with Crippen molar-refractivity contribution in [1.82, 2.24) is 4.98 Å². The molecule has 3 rings (SSSR count). The average Bonchev–Trinajstić information content (AvgIpc) is 3.10. The number of benzene rings is 2. The first-order valence-corrected chi connectivity index (χ1v) is 8.28. The highest BCUT2D eigenvalue weighted by molar-refractivity contribution is 7.10. The summed E-state index contributed by atoms with van der Waals surface area (Å²) in [5, 5.41) is 2.64. The number of alkyl halides is 2. The van der Waals surface area contributed by atoms with Crippen molar-refractivity contribution in [3.05, 3.63) is 76.6 Å². The zero-order valence-corrected chi connectivity index (χ0v) is 13.7. The molecule has 0 N–H and O–H groups in total. The maximum atomic E-state index is 12.1. The molecule has 0 fully saturated rings. The molecule has 3 nitrogen and oxygen atoms in total. The number of allylic oxidation sites excluding steroid dienone is 1. The highest BCUT2D eigenvalue weighted by atomic mass is 32.1. The van der Waals surface area contributed by atoms with Crippen LogP contribution in [0.3, 0.4) is 0 Å². The third kappa shape index (κ3) is 4.58. The Morgan fingerprint density at radius 2 is 1.80 bits per heavy atom. The monoisotopic (exact) mass is 357 g/mol. The fraction of sp³-hybridized carbons (Fsp3) is 0.0526. The summed E-state index contributed by atoms with van der Waals surface area (Å²) in [7, 11) is 0. The van der Waals surface area contributed by atoms with E-state index in [-0.39, 0.29) is 11.5 Å². The summed E-state index contributed by atoms with van der Waals surface area (Å²) in [6.07, 6.45) is 3.06. The van der Waals surface area contributed by atoms with Crippen LogP contribution < -0.4 is 4.74 Å². The molecule has 0 saturated carbocycles. The van der Waals surface area contributed by atoms with E-state index in [1.807, 2.05) is 35.7 Å². The van der Waals surface area contributed by atoms with Crippen molar-refractivity contribution in [3.8, 4) is 17.0 Å². The minimum Gasteiger partial charge on any atom is -0.435 e. The maximum Gasteiger partial charge on any atom is 0.387 e. The lowest BCUT2D eigenvalue weighted by atomic mass is 10.1. The van der Waals surface area contributed by atoms with Crippen molar-refractivity contribution < 1.29 is 18.3 Å². The predicted molar refractivity (Wildman–Crippen MR) is 94.0 cm³/mol. The zero-order valence-electron chi connectivity index (χ0n) is 12.9. The van der Waals surface area contributed by atoms with E-state index in [2.05, 4.69) is 9.72 Å². The number of aromatic nitrogens is 1. The van der Waals surface area contributed by atoms with Crippen molar-refractivity contribution in [3.63, 3.8) is 0 Å². The molecule has 0 radical (unpaired) electrons. The number of hydrogen-bond acceptors (Lipinski definition) is 4. The van der Waals surface area contributed by atoms with Gasteiger partial charge in [-0.2, -0.15) is 8.78 Å². The second-order valence-corrected chi connectivity index (χ2v) is 5.93. The minimum absolute atomic E-state index is 0.0166. The Balaban J connectivity index is 1.67. The number of ether oxygens (including phenoxy) is 1. The molecule has 0 amide bonds. The third-order valence-electron chi connectivity index (χ3n) is 3.33. The van der Waals surface area contributed by atoms with Gasteiger partial charge in [-0.05, 0) is 36.4 Å². The van der Waals surface area contributed by atoms with Crippen LogP contribution in [0.5, 0.6) is 5.75 Å². The van der Waals surface area contributed by atoms with Crippen molar-refractivity contribution in [2.24, 2.45) is 0 Å². The second-order valence-electron chi connectivity index (χ2n) is 5.04. The Morgan fingerprint density at radius 3 is 2.48 bits per heavy atom. The van der Waals surface area contributed by atoms with Crippen LogP contribution >= 0.6 is 11.3 Å². The molecule has 3 aromatic rings. The zero-order chi connectivity index (χ0) is 17.6. The lowest BCUT2D eigenvalue weighted by Gasteiger charge is -2.04. The van der Waals surface area contributed by atoms with Gasteiger partial charge in [0.2, 0.25) is 0 Å². The van der Waals surface area contributed by atoms with Gasteiger partial charge in [0.1, 0.15) is 10.8 Å². The van der Waals surface area contributed by atoms with Crippen LogP contribution in [0.15, 0.2) is 66.1 Å². The number of thiazole rings is 1. The summed E-state index contributed by atoms with van der Waals surface area (Å²) in [6.45, 7) is -2.88. The molecule has 25 heavy (non-hydrogen) atoms. The molecule has 0 spiro atoms. The Kier molecular flexibility index (Phi) is 5.30. The molecule has 2 aromatic carbocycles. The highest BCUT2D eigenvalue weighted by Gasteiger charge is 2.07. The number of nitrogens with zero attached hydrogens (tertiary/aromatic N) is 1. The van der Waals surface area contributed by atoms with Crippen LogP contribution in [0, 0.1) is 0 Å². The summed E-state index contributed by atoms with van der Waals surface area (Å²) in [5.41, 5.74) is 2.25. The normalized spacial score (nSPS) is 11.2. The van der Waals surface area contributed by atoms with Crippen LogP contribution in [0.4, 0.5) is 8.78 Å². The highest BCUT2D eigenvalue weighted by Crippen LogP contribution is 2.22. The van der Waals surface area contributed by atoms with Crippen LogP contribution in [-0.2, 0) is 0 Å². The van der Waals surface area contributed by atoms with Crippen molar-refractivity contribution in [1.29, 1.82) is 0 Å². The van der Waals surface area contributed by atoms with E-state index in [1.165, 1.54) is 41.7 Å². The summed E-state index contributed by atoms with van der Waals surface area (Å²) < 4.78 is 28.5. The van der Waals surface area contributed by atoms with Crippen molar-refractivity contribution in [2.75, 3.05) is 0 Å². The summed E-state index contributed by atoms with van der Waals surface area (Å²) >= 11 is 1.44. The number of hydrogen-bond donors (Lipinski definition) is 0. The lowest BCUT2D eigenvalue weighted by Crippen LogP contribution is -2.02. The van der Waals surface area contributed by atoms with Crippen molar-refractivity contribution in [2.45, 2.75) is 6.61 Å². The summed E-state index contributed by atoms with van der Waals surface area (Å²) in [6, 6.07) is 15.3. The largest absolute Gasteiger partial charge is 0.435 e. The molecule has 0 aliphatic heterocycles. The van der Waals surface area contributed by atoms with Crippen LogP contribution in [0.25, 0.3) is 17.3 Å². The van der Waals surface area contributed by atoms with Gasteiger partial charge in [0.15, 0.2) is 5.78 Å². The Hall–Kier alpha value is -2.86. The average molecular weight is 357 g/mol. The van der Waals surface area contributed by atoms with Gasteiger partial charge in [-0.3, -0.25) is 4.79 Å². The predicted octanol–water partition coefficient (Wildman–Crippen LogP) is 5.31. The molecule has 0 aliphatic carbocycles. The van der Waals surface area contributed by atoms with Gasteiger partial charge >= 0.3 is 6.61 Å². The molecule has 6 heteroatoms. The molecular formula is C19H13F2NO2S. The SMILES string of the molecule is O=C(/C=C/c1nc(-c2ccccc2)cs1)c1ccc(OC(F)F)cc1. The molecule has 0 saturated heterocycles. The van der Waals surface area contributed by atoms with Gasteiger partial charge in [0, 0.05) is 16.5 Å². The van der Waals surface area contributed by atoms with Gasteiger partial charge in [-0.25, -0.2) is 4.98 Å². The molecule has 1 aromatic heterocycles. The van der Waals surface area contributed by atoms with E-state index in [4.69, 9.17) is 0 Å². The topological polar surface area (TPSA) is 39.2 Å². The smallest absolute Gasteiger partial charge is 0.387 e. The molecular weight excluding hydrogens is 344 g/mol. The maximum absolute atomic E-state index is 12.1. The number of rotatable bonds is 6. The molecule has 0 aliphatic rings. The molecule has 126 valence electrons. The van der Waals surface area contributed by atoms with E-state index in [0.29, 0.717) is 10.6 Å². The number of ketones is 1. The molecule has 1 heterocycles. The second kappa shape index (κ2) is 7.81. The van der Waals surface area contributed by atoms with Gasteiger partial charge < -0.3 is 4.74 Å².